The van der Waals surface area contributed by atoms with Crippen LogP contribution >= 0.6 is 0 Å². The first-order valence-electron chi connectivity index (χ1n) is 7.43. The Kier molecular flexibility index (Phi) is 4.33. The fourth-order valence-corrected chi connectivity index (χ4v) is 2.21. The molecule has 1 aromatic heterocycles. The van der Waals surface area contributed by atoms with E-state index in [1.165, 1.54) is 6.07 Å². The highest BCUT2D eigenvalue weighted by Crippen LogP contribution is 2.17. The third-order valence-corrected chi connectivity index (χ3v) is 3.64. The largest absolute Gasteiger partial charge is 0.324 e. The average Bonchev–Trinajstić information content (AvgIpc) is 2.99. The molecular formula is C17H16FN5O. The molecule has 0 unspecified atom stereocenters. The Morgan fingerprint density at radius 1 is 1.17 bits per heavy atom. The topological polar surface area (TPSA) is 72.7 Å². The summed E-state index contributed by atoms with van der Waals surface area (Å²) in [4.78, 5) is 13.2. The number of hydrogen-bond acceptors (Lipinski definition) is 4. The van der Waals surface area contributed by atoms with E-state index in [-0.39, 0.29) is 23.8 Å². The fraction of sp³-hybridized carbons (Fsp3) is 0.176. The minimum atomic E-state index is -0.434. The maximum absolute atomic E-state index is 13.7. The van der Waals surface area contributed by atoms with Crippen LogP contribution in [0.1, 0.15) is 11.1 Å². The molecule has 0 aliphatic carbocycles. The van der Waals surface area contributed by atoms with Gasteiger partial charge in [0.1, 0.15) is 12.4 Å². The zero-order chi connectivity index (χ0) is 17.1. The first-order valence-corrected chi connectivity index (χ1v) is 7.43. The molecule has 122 valence electrons. The van der Waals surface area contributed by atoms with Crippen molar-refractivity contribution in [1.82, 2.24) is 20.2 Å². The van der Waals surface area contributed by atoms with Crippen molar-refractivity contribution >= 4 is 11.6 Å². The second-order valence-electron chi connectivity index (χ2n) is 5.47. The molecule has 0 aliphatic rings. The van der Waals surface area contributed by atoms with E-state index in [0.29, 0.717) is 5.69 Å². The quantitative estimate of drug-likeness (QED) is 0.800. The Morgan fingerprint density at radius 2 is 1.96 bits per heavy atom. The number of halogens is 1. The standard InChI is InChI=1S/C17H16FN5O/c1-11-7-8-13(9-12(11)2)19-16(24)10-23-21-17(20-22-23)14-5-3-4-6-15(14)18/h3-9H,10H2,1-2H3,(H,19,24). The lowest BCUT2D eigenvalue weighted by atomic mass is 10.1. The summed E-state index contributed by atoms with van der Waals surface area (Å²) in [6.07, 6.45) is 0. The summed E-state index contributed by atoms with van der Waals surface area (Å²) >= 11 is 0. The summed E-state index contributed by atoms with van der Waals surface area (Å²) in [5.41, 5.74) is 3.20. The van der Waals surface area contributed by atoms with Gasteiger partial charge in [-0.2, -0.15) is 4.80 Å². The van der Waals surface area contributed by atoms with E-state index in [9.17, 15) is 9.18 Å². The van der Waals surface area contributed by atoms with Gasteiger partial charge in [-0.25, -0.2) is 4.39 Å². The lowest BCUT2D eigenvalue weighted by Crippen LogP contribution is -2.20. The number of aryl methyl sites for hydroxylation is 2. The van der Waals surface area contributed by atoms with Crippen molar-refractivity contribution in [2.24, 2.45) is 0 Å². The first-order chi connectivity index (χ1) is 11.5. The number of aromatic nitrogens is 4. The maximum atomic E-state index is 13.7. The van der Waals surface area contributed by atoms with Crippen molar-refractivity contribution in [2.45, 2.75) is 20.4 Å². The van der Waals surface area contributed by atoms with Crippen molar-refractivity contribution in [2.75, 3.05) is 5.32 Å². The molecule has 3 rings (SSSR count). The second-order valence-corrected chi connectivity index (χ2v) is 5.47. The highest BCUT2D eigenvalue weighted by Gasteiger charge is 2.12. The number of amides is 1. The number of anilines is 1. The predicted octanol–water partition coefficient (Wildman–Crippen LogP) is 2.73. The number of carbonyl (C=O) groups is 1. The highest BCUT2D eigenvalue weighted by molar-refractivity contribution is 5.90. The number of carbonyl (C=O) groups excluding carboxylic acids is 1. The summed E-state index contributed by atoms with van der Waals surface area (Å²) in [7, 11) is 0. The molecule has 0 saturated heterocycles. The minimum Gasteiger partial charge on any atom is -0.324 e. The van der Waals surface area contributed by atoms with Crippen LogP contribution in [0.15, 0.2) is 42.5 Å². The monoisotopic (exact) mass is 325 g/mol. The maximum Gasteiger partial charge on any atom is 0.248 e. The molecule has 24 heavy (non-hydrogen) atoms. The molecule has 0 radical (unpaired) electrons. The van der Waals surface area contributed by atoms with Gasteiger partial charge >= 0.3 is 0 Å². The number of nitrogens with zero attached hydrogens (tertiary/aromatic N) is 4. The van der Waals surface area contributed by atoms with Crippen molar-refractivity contribution in [3.63, 3.8) is 0 Å². The number of benzene rings is 2. The Balaban J connectivity index is 1.69. The van der Waals surface area contributed by atoms with Crippen LogP contribution in [-0.2, 0) is 11.3 Å². The normalized spacial score (nSPS) is 10.6. The van der Waals surface area contributed by atoms with Gasteiger partial charge in [0, 0.05) is 5.69 Å². The Bertz CT molecular complexity index is 890. The van der Waals surface area contributed by atoms with Crippen molar-refractivity contribution in [1.29, 1.82) is 0 Å². The molecule has 6 nitrogen and oxygen atoms in total. The van der Waals surface area contributed by atoms with Gasteiger partial charge in [-0.05, 0) is 54.5 Å². The van der Waals surface area contributed by atoms with Crippen LogP contribution in [0.3, 0.4) is 0 Å². The van der Waals surface area contributed by atoms with Crippen LogP contribution in [0.2, 0.25) is 0 Å². The van der Waals surface area contributed by atoms with Crippen LogP contribution in [0.5, 0.6) is 0 Å². The Labute approximate surface area is 138 Å². The number of hydrogen-bond donors (Lipinski definition) is 1. The molecule has 0 aliphatic heterocycles. The fourth-order valence-electron chi connectivity index (χ4n) is 2.21. The van der Waals surface area contributed by atoms with Gasteiger partial charge in [-0.1, -0.05) is 18.2 Å². The number of nitrogens with one attached hydrogen (secondary N) is 1. The SMILES string of the molecule is Cc1ccc(NC(=O)Cn2nnc(-c3ccccc3F)n2)cc1C. The second kappa shape index (κ2) is 6.57. The summed E-state index contributed by atoms with van der Waals surface area (Å²) in [5.74, 6) is -0.570. The lowest BCUT2D eigenvalue weighted by Gasteiger charge is -2.07. The zero-order valence-electron chi connectivity index (χ0n) is 13.3. The number of tetrazole rings is 1. The molecule has 0 fully saturated rings. The molecule has 7 heteroatoms. The van der Waals surface area contributed by atoms with Gasteiger partial charge in [0.25, 0.3) is 0 Å². The van der Waals surface area contributed by atoms with E-state index >= 15 is 0 Å². The molecule has 1 heterocycles. The van der Waals surface area contributed by atoms with Gasteiger partial charge in [-0.3, -0.25) is 4.79 Å². The first kappa shape index (κ1) is 15.8. The lowest BCUT2D eigenvalue weighted by molar-refractivity contribution is -0.117. The molecular weight excluding hydrogens is 309 g/mol. The average molecular weight is 325 g/mol. The predicted molar refractivity (Wildman–Crippen MR) is 87.8 cm³/mol. The van der Waals surface area contributed by atoms with Crippen LogP contribution in [0.25, 0.3) is 11.4 Å². The molecule has 0 atom stereocenters. The molecule has 3 aromatic rings. The molecule has 2 aromatic carbocycles. The molecule has 1 N–H and O–H groups in total. The summed E-state index contributed by atoms with van der Waals surface area (Å²) in [6, 6.07) is 11.8. The Morgan fingerprint density at radius 3 is 2.71 bits per heavy atom. The van der Waals surface area contributed by atoms with Gasteiger partial charge in [0.05, 0.1) is 5.56 Å². The third-order valence-electron chi connectivity index (χ3n) is 3.64. The summed E-state index contributed by atoms with van der Waals surface area (Å²) in [6.45, 7) is 3.88. The van der Waals surface area contributed by atoms with Crippen LogP contribution in [-0.4, -0.2) is 26.1 Å². The molecule has 1 amide bonds. The zero-order valence-corrected chi connectivity index (χ0v) is 13.3. The van der Waals surface area contributed by atoms with Gasteiger partial charge in [-0.15, -0.1) is 10.2 Å². The summed E-state index contributed by atoms with van der Waals surface area (Å²) in [5, 5.41) is 14.4. The van der Waals surface area contributed by atoms with E-state index in [2.05, 4.69) is 20.7 Å². The van der Waals surface area contributed by atoms with Crippen LogP contribution < -0.4 is 5.32 Å². The van der Waals surface area contributed by atoms with E-state index < -0.39 is 5.82 Å². The van der Waals surface area contributed by atoms with Gasteiger partial charge < -0.3 is 5.32 Å². The van der Waals surface area contributed by atoms with E-state index in [1.54, 1.807) is 18.2 Å². The number of rotatable bonds is 4. The highest BCUT2D eigenvalue weighted by atomic mass is 19.1. The summed E-state index contributed by atoms with van der Waals surface area (Å²) < 4.78 is 13.7. The smallest absolute Gasteiger partial charge is 0.248 e. The van der Waals surface area contributed by atoms with Crippen LogP contribution in [0, 0.1) is 19.7 Å². The molecule has 0 spiro atoms. The molecule has 0 bridgehead atoms. The van der Waals surface area contributed by atoms with E-state index in [4.69, 9.17) is 0 Å². The Hall–Kier alpha value is -3.09. The van der Waals surface area contributed by atoms with E-state index in [0.717, 1.165) is 15.9 Å². The van der Waals surface area contributed by atoms with E-state index in [1.807, 2.05) is 32.0 Å². The van der Waals surface area contributed by atoms with Crippen molar-refractivity contribution < 1.29 is 9.18 Å². The van der Waals surface area contributed by atoms with Gasteiger partial charge in [0.2, 0.25) is 11.7 Å². The molecule has 0 saturated carbocycles. The van der Waals surface area contributed by atoms with Crippen molar-refractivity contribution in [3.8, 4) is 11.4 Å². The minimum absolute atomic E-state index is 0.103. The van der Waals surface area contributed by atoms with Crippen LogP contribution in [0.4, 0.5) is 10.1 Å². The third kappa shape index (κ3) is 3.45. The van der Waals surface area contributed by atoms with Gasteiger partial charge in [0.15, 0.2) is 0 Å². The van der Waals surface area contributed by atoms with Crippen molar-refractivity contribution in [3.05, 3.63) is 59.4 Å².